The van der Waals surface area contributed by atoms with Crippen LogP contribution < -0.4 is 37.2 Å². The van der Waals surface area contributed by atoms with Gasteiger partial charge >= 0.3 is 0 Å². The molecule has 0 saturated carbocycles. The molecule has 55 unspecified atom stereocenters. The molecule has 62 nitrogen and oxygen atoms in total. The van der Waals surface area contributed by atoms with Crippen molar-refractivity contribution in [1.82, 2.24) is 37.2 Å². The standard InChI is InChI=1S/C80H133N7O55/c1-19-44(102)58(116)60(118)77(125-19)123-17-35-65(56(114)37(70(121)126-35)81-20(2)95)137-76-43(87-26(8)101)57(115)63(32(14-93)132-76)138-78-62(120)67(140-80-69(142-75-42(86-25(7)100)55(113)49(107)31(13-92)131-75)61(119)64(33(15-94)133-80)136-72-39(83-22(4)97)52(110)46(104)28(10-89)128-72)66(139-73-40(84-23(5)98)53(111)47(105)29(11-90)129-73)36(135-78)18-124-79-68(141-74-41(85-24(6)99)54(112)48(106)30(12-91)130-74)59(117)50(108)34(134-79)16-122-71-38(82-21(3)96)51(109)45(103)27(9-88)127-71/h19,27-80,88-94,102-121H,9-18H2,1-8H3,(H,81,95)(H,82,96)(H,83,97)(H,84,98)(H,85,99)(H,86,100)(H,87,101). The molecular formula is C80H133N7O55. The normalized spacial score (nSPS) is 47.5. The molecule has 0 aliphatic carbocycles. The van der Waals surface area contributed by atoms with Crippen LogP contribution in [0.2, 0.25) is 0 Å². The molecule has 11 saturated heterocycles. The fourth-order valence-electron chi connectivity index (χ4n) is 18.4. The van der Waals surface area contributed by atoms with Crippen molar-refractivity contribution in [1.29, 1.82) is 0 Å². The van der Waals surface area contributed by atoms with Crippen molar-refractivity contribution in [3.8, 4) is 0 Å². The first kappa shape index (κ1) is 117. The molecule has 55 atom stereocenters. The monoisotopic (exact) mass is 2070 g/mol. The zero-order valence-corrected chi connectivity index (χ0v) is 77.3. The van der Waals surface area contributed by atoms with Gasteiger partial charge in [0.2, 0.25) is 41.4 Å². The Bertz CT molecular complexity index is 4030. The van der Waals surface area contributed by atoms with Gasteiger partial charge in [0.1, 0.15) is 262 Å². The van der Waals surface area contributed by atoms with Crippen molar-refractivity contribution in [2.75, 3.05) is 66.1 Å². The predicted molar refractivity (Wildman–Crippen MR) is 442 cm³/mol. The number of amides is 7. The summed E-state index contributed by atoms with van der Waals surface area (Å²) in [7, 11) is 0. The van der Waals surface area contributed by atoms with E-state index in [1.807, 2.05) is 0 Å². The molecule has 142 heavy (non-hydrogen) atoms. The van der Waals surface area contributed by atoms with Crippen molar-refractivity contribution < 1.29 is 271 Å². The molecule has 11 rings (SSSR count). The van der Waals surface area contributed by atoms with E-state index in [2.05, 4.69) is 37.2 Å². The summed E-state index contributed by atoms with van der Waals surface area (Å²) in [5.74, 6) is -6.81. The van der Waals surface area contributed by atoms with Crippen LogP contribution >= 0.6 is 0 Å². The van der Waals surface area contributed by atoms with E-state index in [9.17, 15) is 171 Å². The van der Waals surface area contributed by atoms with Gasteiger partial charge in [-0.1, -0.05) is 0 Å². The first-order valence-corrected chi connectivity index (χ1v) is 45.5. The second-order valence-corrected chi connectivity index (χ2v) is 36.0. The third kappa shape index (κ3) is 26.7. The highest BCUT2D eigenvalue weighted by molar-refractivity contribution is 5.75. The van der Waals surface area contributed by atoms with E-state index in [1.54, 1.807) is 0 Å². The van der Waals surface area contributed by atoms with Crippen molar-refractivity contribution >= 4 is 41.4 Å². The lowest BCUT2D eigenvalue weighted by Gasteiger charge is -2.53. The van der Waals surface area contributed by atoms with Crippen LogP contribution in [0.25, 0.3) is 0 Å². The number of carbonyl (C=O) groups is 7. The van der Waals surface area contributed by atoms with Crippen LogP contribution in [0.5, 0.6) is 0 Å². The van der Waals surface area contributed by atoms with Gasteiger partial charge in [-0.25, -0.2) is 0 Å². The Kier molecular flexibility index (Phi) is 42.1. The Morgan fingerprint density at radius 1 is 0.197 bits per heavy atom. The van der Waals surface area contributed by atoms with Gasteiger partial charge in [-0.2, -0.15) is 0 Å². The lowest BCUT2D eigenvalue weighted by molar-refractivity contribution is -0.412. The number of carbonyl (C=O) groups excluding carboxylic acids is 7. The molecule has 11 aliphatic heterocycles. The summed E-state index contributed by atoms with van der Waals surface area (Å²) in [5.41, 5.74) is 0. The number of hydrogen-bond donors (Lipinski definition) is 34. The van der Waals surface area contributed by atoms with Crippen LogP contribution in [0.1, 0.15) is 55.4 Å². The first-order chi connectivity index (χ1) is 67.0. The van der Waals surface area contributed by atoms with Crippen LogP contribution in [0.15, 0.2) is 0 Å². The zero-order valence-electron chi connectivity index (χ0n) is 77.3. The molecule has 0 radical (unpaired) electrons. The maximum absolute atomic E-state index is 13.8. The minimum Gasteiger partial charge on any atom is -0.394 e. The highest BCUT2D eigenvalue weighted by atomic mass is 16.8. The van der Waals surface area contributed by atoms with Gasteiger partial charge in [0.15, 0.2) is 69.2 Å². The van der Waals surface area contributed by atoms with Crippen molar-refractivity contribution in [2.45, 2.75) is 393 Å². The summed E-state index contributed by atoms with van der Waals surface area (Å²) in [5, 5.41) is 327. The molecule has 0 aromatic carbocycles. The molecule has 62 heteroatoms. The van der Waals surface area contributed by atoms with E-state index in [1.165, 1.54) is 6.92 Å². The quantitative estimate of drug-likeness (QED) is 0.0275. The average molecular weight is 2070 g/mol. The third-order valence-corrected chi connectivity index (χ3v) is 25.7. The lowest BCUT2D eigenvalue weighted by atomic mass is 9.93. The van der Waals surface area contributed by atoms with Crippen molar-refractivity contribution in [3.63, 3.8) is 0 Å². The van der Waals surface area contributed by atoms with Gasteiger partial charge in [-0.15, -0.1) is 0 Å². The number of hydrogen-bond acceptors (Lipinski definition) is 55. The number of aliphatic hydroxyl groups is 27. The molecule has 11 aliphatic rings. The average Bonchev–Trinajstić information content (AvgIpc) is 0.754. The maximum Gasteiger partial charge on any atom is 0.217 e. The minimum absolute atomic E-state index is 0.866. The van der Waals surface area contributed by atoms with Gasteiger partial charge in [0.25, 0.3) is 0 Å². The van der Waals surface area contributed by atoms with Crippen LogP contribution in [0, 0.1) is 0 Å². The molecule has 7 amide bonds. The van der Waals surface area contributed by atoms with Crippen molar-refractivity contribution in [3.05, 3.63) is 0 Å². The van der Waals surface area contributed by atoms with Gasteiger partial charge in [-0.3, -0.25) is 33.6 Å². The number of ether oxygens (including phenoxy) is 21. The largest absolute Gasteiger partial charge is 0.394 e. The van der Waals surface area contributed by atoms with Crippen LogP contribution in [-0.2, 0) is 133 Å². The minimum atomic E-state index is -2.90. The molecule has 0 aromatic heterocycles. The van der Waals surface area contributed by atoms with Crippen molar-refractivity contribution in [2.24, 2.45) is 0 Å². The summed E-state index contributed by atoms with van der Waals surface area (Å²) in [6.45, 7) is -4.24. The lowest BCUT2D eigenvalue weighted by Crippen LogP contribution is -2.72. The van der Waals surface area contributed by atoms with E-state index in [4.69, 9.17) is 99.5 Å². The Labute approximate surface area is 805 Å². The van der Waals surface area contributed by atoms with Gasteiger partial charge in [-0.05, 0) is 6.92 Å². The second kappa shape index (κ2) is 51.3. The van der Waals surface area contributed by atoms with Gasteiger partial charge < -0.3 is 275 Å². The molecule has 11 heterocycles. The predicted octanol–water partition coefficient (Wildman–Crippen LogP) is -22.9. The number of rotatable bonds is 37. The zero-order chi connectivity index (χ0) is 105. The number of aliphatic hydroxyl groups excluding tert-OH is 27. The Morgan fingerprint density at radius 3 is 0.838 bits per heavy atom. The Morgan fingerprint density at radius 2 is 0.451 bits per heavy atom. The first-order valence-electron chi connectivity index (χ1n) is 45.5. The summed E-state index contributed by atoms with van der Waals surface area (Å²) in [6.07, 6.45) is -106. The summed E-state index contributed by atoms with van der Waals surface area (Å²) in [4.78, 5) is 91.4. The number of nitrogens with one attached hydrogen (secondary N) is 7. The van der Waals surface area contributed by atoms with Crippen LogP contribution in [0.4, 0.5) is 0 Å². The highest BCUT2D eigenvalue weighted by Gasteiger charge is 2.64. The van der Waals surface area contributed by atoms with Crippen LogP contribution in [-0.4, -0.2) is 583 Å². The van der Waals surface area contributed by atoms with Crippen LogP contribution in [0.3, 0.4) is 0 Å². The Hall–Kier alpha value is -5.63. The topological polar surface area (TPSA) is 944 Å². The summed E-state index contributed by atoms with van der Waals surface area (Å²) in [6, 6.07) is -13.8. The van der Waals surface area contributed by atoms with E-state index < -0.39 is 445 Å². The SMILES string of the molecule is CC(=O)NC1C(O)OC(COC2OC(C)C(O)C(O)C2O)C(OC2OC(CO)C(OC3OC(COC4OC(COC5OC(CO)C(O)C(O)C5NC(C)=O)C(O)C(O)C4OC4OC(CO)C(O)C(O)C4NC(C)=O)C(OC4OC(CO)C(O)C(O)C4NC(C)=O)C(OC4OC(CO)C(OC5OC(CO)C(O)C(O)C5NC(C)=O)C(O)C4OC4OC(CO)C(O)C(O)C4NC(C)=O)C3O)C(O)C2NC(C)=O)C1O. The molecule has 0 spiro atoms. The smallest absolute Gasteiger partial charge is 0.217 e. The molecular weight excluding hydrogens is 1940 g/mol. The Balaban J connectivity index is 1.08. The fraction of sp³-hybridized carbons (Fsp3) is 0.912. The van der Waals surface area contributed by atoms with Gasteiger partial charge in [0, 0.05) is 48.5 Å². The van der Waals surface area contributed by atoms with E-state index in [0.717, 1.165) is 48.5 Å². The van der Waals surface area contributed by atoms with E-state index in [0.29, 0.717) is 0 Å². The van der Waals surface area contributed by atoms with E-state index >= 15 is 0 Å². The third-order valence-electron chi connectivity index (χ3n) is 25.7. The van der Waals surface area contributed by atoms with E-state index in [-0.39, 0.29) is 0 Å². The summed E-state index contributed by atoms with van der Waals surface area (Å²) < 4.78 is 130. The maximum atomic E-state index is 13.8. The summed E-state index contributed by atoms with van der Waals surface area (Å²) >= 11 is 0. The molecule has 34 N–H and O–H groups in total. The molecule has 11 fully saturated rings. The highest BCUT2D eigenvalue weighted by Crippen LogP contribution is 2.43. The molecule has 0 bridgehead atoms. The van der Waals surface area contributed by atoms with Gasteiger partial charge in [0.05, 0.1) is 72.2 Å². The molecule has 0 aromatic rings. The fourth-order valence-corrected chi connectivity index (χ4v) is 18.4. The molecule has 818 valence electrons. The second-order valence-electron chi connectivity index (χ2n) is 36.0.